The minimum atomic E-state index is -4.34. The fraction of sp³-hybridized carbons (Fsp3) is 0.200. The molecule has 0 radical (unpaired) electrons. The number of esters is 1. The summed E-state index contributed by atoms with van der Waals surface area (Å²) in [5.41, 5.74) is 2.13. The van der Waals surface area contributed by atoms with E-state index in [2.05, 4.69) is 4.98 Å². The maximum absolute atomic E-state index is 12.7. The quantitative estimate of drug-likeness (QED) is 0.603. The van der Waals surface area contributed by atoms with E-state index in [1.54, 1.807) is 17.8 Å². The summed E-state index contributed by atoms with van der Waals surface area (Å²) in [7, 11) is 0. The Hall–Kier alpha value is -3.09. The Morgan fingerprint density at radius 3 is 2.19 bits per heavy atom. The molecule has 140 valence electrons. The van der Waals surface area contributed by atoms with Crippen molar-refractivity contribution in [2.45, 2.75) is 19.6 Å². The summed E-state index contributed by atoms with van der Waals surface area (Å²) in [6, 6.07) is 12.4. The van der Waals surface area contributed by atoms with E-state index in [1.165, 1.54) is 18.3 Å². The van der Waals surface area contributed by atoms with E-state index in [0.29, 0.717) is 17.8 Å². The molecule has 0 bridgehead atoms. The van der Waals surface area contributed by atoms with E-state index >= 15 is 0 Å². The third kappa shape index (κ3) is 4.36. The molecule has 2 aromatic carbocycles. The van der Waals surface area contributed by atoms with Crippen molar-refractivity contribution in [3.8, 4) is 11.1 Å². The molecular weight excluding hydrogens is 357 g/mol. The average Bonchev–Trinajstić information content (AvgIpc) is 3.10. The van der Waals surface area contributed by atoms with Gasteiger partial charge in [0.25, 0.3) is 0 Å². The maximum atomic E-state index is 12.7. The number of alkyl halides is 3. The van der Waals surface area contributed by atoms with Crippen molar-refractivity contribution in [3.63, 3.8) is 0 Å². The van der Waals surface area contributed by atoms with Gasteiger partial charge in [0.05, 0.1) is 24.7 Å². The second-order valence-corrected chi connectivity index (χ2v) is 5.90. The van der Waals surface area contributed by atoms with Crippen LogP contribution in [0.2, 0.25) is 0 Å². The number of carbonyl (C=O) groups is 1. The molecule has 4 nitrogen and oxygen atoms in total. The molecule has 0 atom stereocenters. The van der Waals surface area contributed by atoms with Crippen molar-refractivity contribution in [1.29, 1.82) is 0 Å². The number of imidazole rings is 1. The number of benzene rings is 2. The van der Waals surface area contributed by atoms with Crippen LogP contribution in [0.15, 0.2) is 61.1 Å². The van der Waals surface area contributed by atoms with Crippen LogP contribution >= 0.6 is 0 Å². The number of ether oxygens (including phenoxy) is 1. The van der Waals surface area contributed by atoms with E-state index in [-0.39, 0.29) is 6.61 Å². The fourth-order valence-corrected chi connectivity index (χ4v) is 2.67. The lowest BCUT2D eigenvalue weighted by Gasteiger charge is -2.10. The fourth-order valence-electron chi connectivity index (χ4n) is 2.67. The lowest BCUT2D eigenvalue weighted by atomic mass is 10.0. The minimum Gasteiger partial charge on any atom is -0.461 e. The van der Waals surface area contributed by atoms with E-state index in [9.17, 15) is 18.0 Å². The topological polar surface area (TPSA) is 44.1 Å². The van der Waals surface area contributed by atoms with Crippen LogP contribution in [0.1, 0.15) is 28.5 Å². The molecule has 0 saturated heterocycles. The highest BCUT2D eigenvalue weighted by molar-refractivity contribution is 5.87. The van der Waals surface area contributed by atoms with E-state index in [1.807, 2.05) is 24.3 Å². The van der Waals surface area contributed by atoms with Crippen LogP contribution in [0.3, 0.4) is 0 Å². The molecule has 0 aliphatic heterocycles. The molecule has 1 heterocycles. The van der Waals surface area contributed by atoms with Crippen molar-refractivity contribution >= 4 is 5.97 Å². The Morgan fingerprint density at radius 2 is 1.63 bits per heavy atom. The highest BCUT2D eigenvalue weighted by Gasteiger charge is 2.29. The zero-order valence-corrected chi connectivity index (χ0v) is 14.5. The SMILES string of the molecule is CCOC(=O)c1cncn1Cc1ccc(-c2ccc(C(F)(F)F)cc2)cc1. The van der Waals surface area contributed by atoms with E-state index in [4.69, 9.17) is 4.74 Å². The number of halogens is 3. The van der Waals surface area contributed by atoms with Crippen molar-refractivity contribution in [2.24, 2.45) is 0 Å². The molecule has 0 N–H and O–H groups in total. The Morgan fingerprint density at radius 1 is 1.04 bits per heavy atom. The third-order valence-corrected chi connectivity index (χ3v) is 4.05. The number of hydrogen-bond acceptors (Lipinski definition) is 3. The van der Waals surface area contributed by atoms with Gasteiger partial charge < -0.3 is 9.30 Å². The number of hydrogen-bond donors (Lipinski definition) is 0. The van der Waals surface area contributed by atoms with Gasteiger partial charge in [-0.3, -0.25) is 0 Å². The standard InChI is InChI=1S/C20H17F3N2O2/c1-2-27-19(26)18-11-24-13-25(18)12-14-3-5-15(6-4-14)16-7-9-17(10-8-16)20(21,22)23/h3-11,13H,2,12H2,1H3. The Labute approximate surface area is 154 Å². The van der Waals surface area contributed by atoms with Crippen LogP contribution < -0.4 is 0 Å². The van der Waals surface area contributed by atoms with Crippen LogP contribution in [0.4, 0.5) is 13.2 Å². The Kier molecular flexibility index (Phi) is 5.30. The summed E-state index contributed by atoms with van der Waals surface area (Å²) >= 11 is 0. The van der Waals surface area contributed by atoms with E-state index in [0.717, 1.165) is 23.3 Å². The second-order valence-electron chi connectivity index (χ2n) is 5.90. The highest BCUT2D eigenvalue weighted by atomic mass is 19.4. The van der Waals surface area contributed by atoms with Crippen LogP contribution in [0.5, 0.6) is 0 Å². The smallest absolute Gasteiger partial charge is 0.416 e. The van der Waals surface area contributed by atoms with Crippen molar-refractivity contribution in [3.05, 3.63) is 77.9 Å². The van der Waals surface area contributed by atoms with Gasteiger partial charge in [0.15, 0.2) is 0 Å². The number of nitrogens with zero attached hydrogens (tertiary/aromatic N) is 2. The molecule has 0 unspecified atom stereocenters. The first-order valence-corrected chi connectivity index (χ1v) is 8.32. The summed E-state index contributed by atoms with van der Waals surface area (Å²) in [5, 5.41) is 0. The van der Waals surface area contributed by atoms with Crippen LogP contribution in [0, 0.1) is 0 Å². The van der Waals surface area contributed by atoms with Crippen molar-refractivity contribution in [2.75, 3.05) is 6.61 Å². The van der Waals surface area contributed by atoms with Gasteiger partial charge >= 0.3 is 12.1 Å². The van der Waals surface area contributed by atoms with E-state index < -0.39 is 17.7 Å². The Bertz CT molecular complexity index is 914. The summed E-state index contributed by atoms with van der Waals surface area (Å²) in [4.78, 5) is 15.9. The molecule has 1 aromatic heterocycles. The Balaban J connectivity index is 1.75. The first kappa shape index (κ1) is 18.7. The van der Waals surface area contributed by atoms with Gasteiger partial charge in [-0.05, 0) is 35.7 Å². The van der Waals surface area contributed by atoms with Gasteiger partial charge in [-0.1, -0.05) is 36.4 Å². The normalized spacial score (nSPS) is 11.4. The average molecular weight is 374 g/mol. The molecule has 0 aliphatic rings. The second kappa shape index (κ2) is 7.65. The maximum Gasteiger partial charge on any atom is 0.416 e. The highest BCUT2D eigenvalue weighted by Crippen LogP contribution is 2.31. The lowest BCUT2D eigenvalue weighted by molar-refractivity contribution is -0.137. The molecule has 27 heavy (non-hydrogen) atoms. The van der Waals surface area contributed by atoms with Crippen LogP contribution in [0.25, 0.3) is 11.1 Å². The van der Waals surface area contributed by atoms with Gasteiger partial charge in [-0.25, -0.2) is 9.78 Å². The van der Waals surface area contributed by atoms with Gasteiger partial charge in [-0.2, -0.15) is 13.2 Å². The molecule has 7 heteroatoms. The molecule has 3 aromatic rings. The van der Waals surface area contributed by atoms with Crippen molar-refractivity contribution in [1.82, 2.24) is 9.55 Å². The molecule has 3 rings (SSSR count). The molecule has 0 fully saturated rings. The first-order valence-electron chi connectivity index (χ1n) is 8.32. The summed E-state index contributed by atoms with van der Waals surface area (Å²) in [5.74, 6) is -0.434. The predicted octanol–water partition coefficient (Wildman–Crippen LogP) is 4.79. The lowest BCUT2D eigenvalue weighted by Crippen LogP contribution is -2.12. The third-order valence-electron chi connectivity index (χ3n) is 4.05. The molecular formula is C20H17F3N2O2. The van der Waals surface area contributed by atoms with Gasteiger partial charge in [0.1, 0.15) is 5.69 Å². The molecule has 0 amide bonds. The monoisotopic (exact) mass is 374 g/mol. The zero-order chi connectivity index (χ0) is 19.4. The minimum absolute atomic E-state index is 0.284. The first-order chi connectivity index (χ1) is 12.9. The number of aromatic nitrogens is 2. The zero-order valence-electron chi connectivity index (χ0n) is 14.5. The summed E-state index contributed by atoms with van der Waals surface area (Å²) in [6.07, 6.45) is -1.34. The van der Waals surface area contributed by atoms with Gasteiger partial charge in [-0.15, -0.1) is 0 Å². The largest absolute Gasteiger partial charge is 0.461 e. The van der Waals surface area contributed by atoms with Crippen molar-refractivity contribution < 1.29 is 22.7 Å². The van der Waals surface area contributed by atoms with Gasteiger partial charge in [0.2, 0.25) is 0 Å². The predicted molar refractivity (Wildman–Crippen MR) is 94.2 cm³/mol. The summed E-state index contributed by atoms with van der Waals surface area (Å²) < 4.78 is 44.6. The number of rotatable bonds is 5. The molecule has 0 aliphatic carbocycles. The van der Waals surface area contributed by atoms with Crippen LogP contribution in [-0.4, -0.2) is 22.1 Å². The van der Waals surface area contributed by atoms with Crippen LogP contribution in [-0.2, 0) is 17.5 Å². The summed E-state index contributed by atoms with van der Waals surface area (Å²) in [6.45, 7) is 2.45. The molecule has 0 spiro atoms. The van der Waals surface area contributed by atoms with Gasteiger partial charge in [0, 0.05) is 6.54 Å². The number of carbonyl (C=O) groups excluding carboxylic acids is 1. The molecule has 0 saturated carbocycles.